The van der Waals surface area contributed by atoms with E-state index in [0.717, 1.165) is 16.3 Å². The van der Waals surface area contributed by atoms with Gasteiger partial charge in [0.1, 0.15) is 5.01 Å². The number of hydrogen-bond donors (Lipinski definition) is 1. The molecule has 1 amide bonds. The Morgan fingerprint density at radius 1 is 1.29 bits per heavy atom. The predicted octanol–water partition coefficient (Wildman–Crippen LogP) is 2.34. The third-order valence-corrected chi connectivity index (χ3v) is 3.75. The number of imidazole rings is 1. The number of aryl methyl sites for hydroxylation is 1. The lowest BCUT2D eigenvalue weighted by molar-refractivity contribution is 0.102. The predicted molar refractivity (Wildman–Crippen MR) is 80.4 cm³/mol. The molecule has 1 aromatic carbocycles. The van der Waals surface area contributed by atoms with Crippen LogP contribution in [-0.2, 0) is 6.54 Å². The minimum atomic E-state index is -0.242. The summed E-state index contributed by atoms with van der Waals surface area (Å²) in [5.41, 5.74) is 1.89. The topological polar surface area (TPSA) is 72.7 Å². The second-order valence-electron chi connectivity index (χ2n) is 4.56. The highest BCUT2D eigenvalue weighted by Crippen LogP contribution is 2.14. The maximum Gasteiger partial charge on any atom is 0.286 e. The summed E-state index contributed by atoms with van der Waals surface area (Å²) in [5.74, 6) is -0.242. The summed E-state index contributed by atoms with van der Waals surface area (Å²) in [6, 6.07) is 7.61. The van der Waals surface area contributed by atoms with Crippen molar-refractivity contribution in [2.45, 2.75) is 13.5 Å². The normalized spacial score (nSPS) is 10.5. The summed E-state index contributed by atoms with van der Waals surface area (Å²) >= 11 is 1.28. The largest absolute Gasteiger partial charge is 0.331 e. The van der Waals surface area contributed by atoms with Crippen molar-refractivity contribution in [3.63, 3.8) is 0 Å². The van der Waals surface area contributed by atoms with Crippen LogP contribution in [0.5, 0.6) is 0 Å². The number of anilines is 1. The van der Waals surface area contributed by atoms with Gasteiger partial charge in [-0.25, -0.2) is 4.98 Å². The zero-order valence-corrected chi connectivity index (χ0v) is 12.2. The number of nitrogens with one attached hydrogen (secondary N) is 1. The average molecular weight is 299 g/mol. The van der Waals surface area contributed by atoms with Gasteiger partial charge in [0.05, 0.1) is 12.9 Å². The number of aromatic nitrogens is 4. The molecule has 2 aromatic heterocycles. The summed E-state index contributed by atoms with van der Waals surface area (Å²) in [5, 5.41) is 11.9. The number of nitrogens with zero attached hydrogens (tertiary/aromatic N) is 4. The van der Waals surface area contributed by atoms with E-state index < -0.39 is 0 Å². The zero-order valence-electron chi connectivity index (χ0n) is 11.4. The molecule has 0 aliphatic carbocycles. The minimum absolute atomic E-state index is 0.242. The molecule has 0 spiro atoms. The molecule has 3 aromatic rings. The number of benzene rings is 1. The highest BCUT2D eigenvalue weighted by atomic mass is 32.1. The highest BCUT2D eigenvalue weighted by molar-refractivity contribution is 7.13. The fourth-order valence-electron chi connectivity index (χ4n) is 1.77. The molecule has 0 bridgehead atoms. The Morgan fingerprint density at radius 2 is 2.10 bits per heavy atom. The first-order chi connectivity index (χ1) is 10.2. The van der Waals surface area contributed by atoms with E-state index in [-0.39, 0.29) is 5.91 Å². The van der Waals surface area contributed by atoms with Gasteiger partial charge in [0.2, 0.25) is 5.01 Å². The van der Waals surface area contributed by atoms with Crippen molar-refractivity contribution in [1.29, 1.82) is 0 Å². The summed E-state index contributed by atoms with van der Waals surface area (Å²) in [6.07, 6.45) is 5.24. The van der Waals surface area contributed by atoms with Gasteiger partial charge in [0, 0.05) is 18.1 Å². The number of carbonyl (C=O) groups excluding carboxylic acids is 1. The molecule has 106 valence electrons. The van der Waals surface area contributed by atoms with Gasteiger partial charge in [-0.3, -0.25) is 4.79 Å². The van der Waals surface area contributed by atoms with Crippen LogP contribution in [0.2, 0.25) is 0 Å². The first-order valence-electron chi connectivity index (χ1n) is 6.37. The molecular weight excluding hydrogens is 286 g/mol. The van der Waals surface area contributed by atoms with E-state index in [1.165, 1.54) is 11.3 Å². The van der Waals surface area contributed by atoms with Crippen LogP contribution in [0.3, 0.4) is 0 Å². The van der Waals surface area contributed by atoms with Gasteiger partial charge in [0.25, 0.3) is 5.91 Å². The maximum atomic E-state index is 12.1. The van der Waals surface area contributed by atoms with Gasteiger partial charge >= 0.3 is 0 Å². The first kappa shape index (κ1) is 13.4. The summed E-state index contributed by atoms with van der Waals surface area (Å²) in [4.78, 5) is 16.1. The number of carbonyl (C=O) groups is 1. The first-order valence-corrected chi connectivity index (χ1v) is 7.18. The second-order valence-corrected chi connectivity index (χ2v) is 5.62. The van der Waals surface area contributed by atoms with Crippen molar-refractivity contribution >= 4 is 22.9 Å². The van der Waals surface area contributed by atoms with Gasteiger partial charge in [-0.1, -0.05) is 29.0 Å². The lowest BCUT2D eigenvalue weighted by Gasteiger charge is -2.02. The Labute approximate surface area is 125 Å². The molecule has 1 N–H and O–H groups in total. The number of rotatable bonds is 4. The van der Waals surface area contributed by atoms with Gasteiger partial charge in [-0.15, -0.1) is 10.2 Å². The number of hydrogen-bond acceptors (Lipinski definition) is 5. The fraction of sp³-hybridized carbons (Fsp3) is 0.143. The molecule has 0 atom stereocenters. The molecule has 2 heterocycles. The molecule has 3 rings (SSSR count). The van der Waals surface area contributed by atoms with Crippen LogP contribution in [0.4, 0.5) is 5.69 Å². The molecule has 0 unspecified atom stereocenters. The van der Waals surface area contributed by atoms with Crippen molar-refractivity contribution in [3.8, 4) is 0 Å². The molecule has 0 radical (unpaired) electrons. The zero-order chi connectivity index (χ0) is 14.7. The van der Waals surface area contributed by atoms with Crippen LogP contribution >= 0.6 is 11.3 Å². The van der Waals surface area contributed by atoms with E-state index in [1.54, 1.807) is 12.5 Å². The molecule has 21 heavy (non-hydrogen) atoms. The summed E-state index contributed by atoms with van der Waals surface area (Å²) < 4.78 is 1.88. The van der Waals surface area contributed by atoms with Crippen LogP contribution in [-0.4, -0.2) is 25.7 Å². The van der Waals surface area contributed by atoms with E-state index in [0.29, 0.717) is 11.6 Å². The van der Waals surface area contributed by atoms with Crippen molar-refractivity contribution in [2.75, 3.05) is 5.32 Å². The Kier molecular flexibility index (Phi) is 3.74. The van der Waals surface area contributed by atoms with E-state index in [1.807, 2.05) is 42.0 Å². The Morgan fingerprint density at radius 3 is 2.81 bits per heavy atom. The van der Waals surface area contributed by atoms with Gasteiger partial charge in [-0.2, -0.15) is 0 Å². The molecule has 6 nitrogen and oxygen atoms in total. The van der Waals surface area contributed by atoms with Gasteiger partial charge < -0.3 is 9.88 Å². The molecule has 0 saturated heterocycles. The molecular formula is C14H13N5OS. The quantitative estimate of drug-likeness (QED) is 0.802. The Bertz CT molecular complexity index is 733. The second kappa shape index (κ2) is 5.84. The molecule has 0 aliphatic heterocycles. The van der Waals surface area contributed by atoms with Crippen LogP contribution in [0.1, 0.15) is 20.4 Å². The lowest BCUT2D eigenvalue weighted by atomic mass is 10.2. The molecule has 0 aliphatic rings. The molecule has 0 saturated carbocycles. The van der Waals surface area contributed by atoms with E-state index >= 15 is 0 Å². The fourth-order valence-corrected chi connectivity index (χ4v) is 2.51. The van der Waals surface area contributed by atoms with Gasteiger partial charge in [0.15, 0.2) is 0 Å². The molecule has 7 heteroatoms. The monoisotopic (exact) mass is 299 g/mol. The Hall–Kier alpha value is -2.54. The minimum Gasteiger partial charge on any atom is -0.331 e. The third-order valence-electron chi connectivity index (χ3n) is 2.85. The smallest absolute Gasteiger partial charge is 0.286 e. The highest BCUT2D eigenvalue weighted by Gasteiger charge is 2.13. The van der Waals surface area contributed by atoms with Crippen LogP contribution in [0.15, 0.2) is 43.0 Å². The van der Waals surface area contributed by atoms with E-state index in [4.69, 9.17) is 0 Å². The van der Waals surface area contributed by atoms with Gasteiger partial charge in [-0.05, 0) is 19.1 Å². The third kappa shape index (κ3) is 3.32. The molecule has 0 fully saturated rings. The van der Waals surface area contributed by atoms with E-state index in [2.05, 4.69) is 20.5 Å². The lowest BCUT2D eigenvalue weighted by Crippen LogP contribution is -2.11. The summed E-state index contributed by atoms with van der Waals surface area (Å²) in [6.45, 7) is 2.56. The van der Waals surface area contributed by atoms with Crippen molar-refractivity contribution in [2.24, 2.45) is 0 Å². The standard InChI is InChI=1S/C14H13N5OS/c1-10-2-4-11(5-3-10)16-13(20)14-18-17-12(21-14)8-19-7-6-15-9-19/h2-7,9H,8H2,1H3,(H,16,20). The number of amides is 1. The van der Waals surface area contributed by atoms with Crippen LogP contribution < -0.4 is 5.32 Å². The Balaban J connectivity index is 1.67. The van der Waals surface area contributed by atoms with E-state index in [9.17, 15) is 4.79 Å². The van der Waals surface area contributed by atoms with Crippen LogP contribution in [0.25, 0.3) is 0 Å². The van der Waals surface area contributed by atoms with Crippen molar-refractivity contribution in [1.82, 2.24) is 19.7 Å². The van der Waals surface area contributed by atoms with Crippen molar-refractivity contribution in [3.05, 3.63) is 58.6 Å². The van der Waals surface area contributed by atoms with Crippen LogP contribution in [0, 0.1) is 6.92 Å². The van der Waals surface area contributed by atoms with Crippen molar-refractivity contribution < 1.29 is 4.79 Å². The SMILES string of the molecule is Cc1ccc(NC(=O)c2nnc(Cn3ccnc3)s2)cc1. The average Bonchev–Trinajstić information content (AvgIpc) is 3.13. The summed E-state index contributed by atoms with van der Waals surface area (Å²) in [7, 11) is 0. The maximum absolute atomic E-state index is 12.1.